The van der Waals surface area contributed by atoms with Crippen LogP contribution in [-0.2, 0) is 4.79 Å². The van der Waals surface area contributed by atoms with E-state index in [4.69, 9.17) is 5.11 Å². The molecule has 1 amide bonds. The molecule has 0 radical (unpaired) electrons. The summed E-state index contributed by atoms with van der Waals surface area (Å²) in [5.41, 5.74) is 0.0161. The van der Waals surface area contributed by atoms with Crippen LogP contribution in [0.3, 0.4) is 0 Å². The van der Waals surface area contributed by atoms with E-state index in [2.05, 4.69) is 27.5 Å². The summed E-state index contributed by atoms with van der Waals surface area (Å²) in [6.45, 7) is 4.08. The van der Waals surface area contributed by atoms with Crippen molar-refractivity contribution in [2.75, 3.05) is 11.4 Å². The minimum absolute atomic E-state index is 0.0161. The van der Waals surface area contributed by atoms with Crippen molar-refractivity contribution in [1.82, 2.24) is 4.98 Å². The van der Waals surface area contributed by atoms with Gasteiger partial charge in [-0.3, -0.25) is 9.69 Å². The van der Waals surface area contributed by atoms with Gasteiger partial charge >= 0.3 is 5.97 Å². The maximum Gasteiger partial charge on any atom is 0.339 e. The van der Waals surface area contributed by atoms with Crippen molar-refractivity contribution >= 4 is 33.6 Å². The maximum atomic E-state index is 11.8. The Labute approximate surface area is 112 Å². The number of aromatic carboxylic acids is 1. The molecule has 1 saturated heterocycles. The lowest BCUT2D eigenvalue weighted by molar-refractivity contribution is -0.117. The number of rotatable bonds is 3. The lowest BCUT2D eigenvalue weighted by Crippen LogP contribution is -2.27. The second-order valence-electron chi connectivity index (χ2n) is 4.03. The van der Waals surface area contributed by atoms with E-state index in [1.165, 1.54) is 17.2 Å². The number of aromatic nitrogens is 1. The predicted molar refractivity (Wildman–Crippen MR) is 69.6 cm³/mol. The van der Waals surface area contributed by atoms with Crippen LogP contribution in [0, 0.1) is 5.92 Å². The van der Waals surface area contributed by atoms with Crippen LogP contribution >= 0.6 is 15.9 Å². The van der Waals surface area contributed by atoms with Crippen molar-refractivity contribution in [2.24, 2.45) is 5.92 Å². The third kappa shape index (κ3) is 2.28. The zero-order valence-electron chi connectivity index (χ0n) is 9.47. The third-order valence-corrected chi connectivity index (χ3v) is 3.24. The average Bonchev–Trinajstić information content (AvgIpc) is 2.70. The smallest absolute Gasteiger partial charge is 0.339 e. The van der Waals surface area contributed by atoms with Gasteiger partial charge in [0.25, 0.3) is 0 Å². The highest BCUT2D eigenvalue weighted by molar-refractivity contribution is 9.10. The molecule has 1 aliphatic heterocycles. The molecule has 1 aromatic rings. The van der Waals surface area contributed by atoms with Crippen molar-refractivity contribution < 1.29 is 14.7 Å². The molecule has 2 rings (SSSR count). The van der Waals surface area contributed by atoms with Gasteiger partial charge in [0.1, 0.15) is 11.4 Å². The summed E-state index contributed by atoms with van der Waals surface area (Å²) in [7, 11) is 0. The molecule has 94 valence electrons. The molecular weight excluding hydrogens is 300 g/mol. The molecule has 1 unspecified atom stereocenters. The third-order valence-electron chi connectivity index (χ3n) is 2.81. The van der Waals surface area contributed by atoms with Gasteiger partial charge in [-0.15, -0.1) is 6.58 Å². The first kappa shape index (κ1) is 12.8. The van der Waals surface area contributed by atoms with Gasteiger partial charge in [0, 0.05) is 29.6 Å². The normalized spacial score (nSPS) is 19.1. The molecule has 1 aromatic heterocycles. The molecule has 1 atom stereocenters. The van der Waals surface area contributed by atoms with Crippen LogP contribution < -0.4 is 4.90 Å². The lowest BCUT2D eigenvalue weighted by atomic mass is 10.1. The highest BCUT2D eigenvalue weighted by atomic mass is 79.9. The molecule has 18 heavy (non-hydrogen) atoms. The van der Waals surface area contributed by atoms with E-state index in [-0.39, 0.29) is 23.2 Å². The Balaban J connectivity index is 2.42. The molecule has 0 bridgehead atoms. The number of amides is 1. The minimum Gasteiger partial charge on any atom is -0.478 e. The number of carboxylic acid groups (broad SMARTS) is 1. The second-order valence-corrected chi connectivity index (χ2v) is 4.95. The number of anilines is 1. The van der Waals surface area contributed by atoms with Gasteiger partial charge in [-0.2, -0.15) is 0 Å². The number of carboxylic acids is 1. The van der Waals surface area contributed by atoms with Crippen molar-refractivity contribution in [1.29, 1.82) is 0 Å². The molecule has 0 spiro atoms. The second kappa shape index (κ2) is 4.89. The molecule has 0 aromatic carbocycles. The monoisotopic (exact) mass is 310 g/mol. The van der Waals surface area contributed by atoms with Crippen molar-refractivity contribution in [3.8, 4) is 0 Å². The number of hydrogen-bond acceptors (Lipinski definition) is 3. The highest BCUT2D eigenvalue weighted by Crippen LogP contribution is 2.28. The summed E-state index contributed by atoms with van der Waals surface area (Å²) >= 11 is 3.17. The summed E-state index contributed by atoms with van der Waals surface area (Å²) in [4.78, 5) is 28.5. The van der Waals surface area contributed by atoms with Crippen LogP contribution in [0.5, 0.6) is 0 Å². The van der Waals surface area contributed by atoms with E-state index in [1.807, 2.05) is 0 Å². The number of nitrogens with zero attached hydrogens (tertiary/aromatic N) is 2. The molecule has 5 nitrogen and oxygen atoms in total. The Morgan fingerprint density at radius 1 is 1.67 bits per heavy atom. The molecule has 2 heterocycles. The minimum atomic E-state index is -1.10. The zero-order valence-corrected chi connectivity index (χ0v) is 11.1. The fourth-order valence-electron chi connectivity index (χ4n) is 1.90. The fourth-order valence-corrected chi connectivity index (χ4v) is 2.23. The van der Waals surface area contributed by atoms with E-state index < -0.39 is 5.97 Å². The van der Waals surface area contributed by atoms with Gasteiger partial charge in [-0.25, -0.2) is 9.78 Å². The molecular formula is C12H11BrN2O3. The Hall–Kier alpha value is -1.69. The summed E-state index contributed by atoms with van der Waals surface area (Å²) in [5.74, 6) is -0.990. The SMILES string of the molecule is C=CC1CC(=O)N(c2ncc(Br)cc2C(=O)O)C1. The molecule has 1 fully saturated rings. The first-order valence-corrected chi connectivity index (χ1v) is 6.14. The summed E-state index contributed by atoms with van der Waals surface area (Å²) in [6, 6.07) is 1.44. The van der Waals surface area contributed by atoms with Crippen molar-refractivity contribution in [3.05, 3.63) is 35.0 Å². The van der Waals surface area contributed by atoms with E-state index >= 15 is 0 Å². The first-order chi connectivity index (χ1) is 8.52. The number of hydrogen-bond donors (Lipinski definition) is 1. The van der Waals surface area contributed by atoms with Crippen LogP contribution in [0.2, 0.25) is 0 Å². The zero-order chi connectivity index (χ0) is 13.3. The Morgan fingerprint density at radius 2 is 2.39 bits per heavy atom. The van der Waals surface area contributed by atoms with Crippen molar-refractivity contribution in [2.45, 2.75) is 6.42 Å². The molecule has 0 aliphatic carbocycles. The summed E-state index contributed by atoms with van der Waals surface area (Å²) in [5, 5.41) is 9.14. The van der Waals surface area contributed by atoms with Crippen molar-refractivity contribution in [3.63, 3.8) is 0 Å². The van der Waals surface area contributed by atoms with E-state index in [9.17, 15) is 9.59 Å². The molecule has 1 aliphatic rings. The van der Waals surface area contributed by atoms with E-state index in [0.717, 1.165) is 0 Å². The average molecular weight is 311 g/mol. The van der Waals surface area contributed by atoms with Crippen LogP contribution in [-0.4, -0.2) is 28.5 Å². The summed E-state index contributed by atoms with van der Waals surface area (Å²) in [6.07, 6.45) is 3.54. The summed E-state index contributed by atoms with van der Waals surface area (Å²) < 4.78 is 0.565. The Morgan fingerprint density at radius 3 is 2.94 bits per heavy atom. The maximum absolute atomic E-state index is 11.8. The van der Waals surface area contributed by atoms with E-state index in [1.54, 1.807) is 6.08 Å². The Bertz CT molecular complexity index is 530. The topological polar surface area (TPSA) is 70.5 Å². The number of halogens is 1. The van der Waals surface area contributed by atoms with Gasteiger partial charge in [0.15, 0.2) is 0 Å². The van der Waals surface area contributed by atoms with Gasteiger partial charge < -0.3 is 5.11 Å². The van der Waals surface area contributed by atoms with E-state index in [0.29, 0.717) is 17.4 Å². The molecule has 0 saturated carbocycles. The Kier molecular flexibility index (Phi) is 3.47. The van der Waals surface area contributed by atoms with Gasteiger partial charge in [0.05, 0.1) is 0 Å². The van der Waals surface area contributed by atoms with Crippen LogP contribution in [0.15, 0.2) is 29.4 Å². The highest BCUT2D eigenvalue weighted by Gasteiger charge is 2.32. The lowest BCUT2D eigenvalue weighted by Gasteiger charge is -2.17. The quantitative estimate of drug-likeness (QED) is 0.868. The molecule has 6 heteroatoms. The fraction of sp³-hybridized carbons (Fsp3) is 0.250. The predicted octanol–water partition coefficient (Wildman–Crippen LogP) is 2.08. The van der Waals surface area contributed by atoms with Gasteiger partial charge in [-0.05, 0) is 22.0 Å². The van der Waals surface area contributed by atoms with Crippen LogP contribution in [0.4, 0.5) is 5.82 Å². The largest absolute Gasteiger partial charge is 0.478 e. The standard InChI is InChI=1S/C12H11BrN2O3/c1-2-7-3-10(16)15(6-7)11-9(12(17)18)4-8(13)5-14-11/h2,4-5,7H,1,3,6H2,(H,17,18). The number of carbonyl (C=O) groups is 2. The van der Waals surface area contributed by atoms with Crippen LogP contribution in [0.1, 0.15) is 16.8 Å². The molecule has 1 N–H and O–H groups in total. The number of carbonyl (C=O) groups excluding carboxylic acids is 1. The number of pyridine rings is 1. The first-order valence-electron chi connectivity index (χ1n) is 5.34. The van der Waals surface area contributed by atoms with Gasteiger partial charge in [-0.1, -0.05) is 6.08 Å². The van der Waals surface area contributed by atoms with Crippen LogP contribution in [0.25, 0.3) is 0 Å². The van der Waals surface area contributed by atoms with Gasteiger partial charge in [0.2, 0.25) is 5.91 Å².